The quantitative estimate of drug-likeness (QED) is 0.446. The number of hydrogen-bond acceptors (Lipinski definition) is 3. The molecule has 1 rings (SSSR count). The van der Waals surface area contributed by atoms with Gasteiger partial charge in [0.25, 0.3) is 0 Å². The van der Waals surface area contributed by atoms with E-state index in [0.717, 1.165) is 6.26 Å². The molecule has 3 nitrogen and oxygen atoms in total. The summed E-state index contributed by atoms with van der Waals surface area (Å²) in [6, 6.07) is 8.80. The maximum atomic E-state index is 10.8. The van der Waals surface area contributed by atoms with Crippen molar-refractivity contribution >= 4 is 59.6 Å². The van der Waals surface area contributed by atoms with Crippen molar-refractivity contribution in [3.05, 3.63) is 43.2 Å². The molecular formula is C8H8KO3P+. The van der Waals surface area contributed by atoms with Crippen molar-refractivity contribution in [1.29, 1.82) is 0 Å². The largest absolute Gasteiger partial charge is 0.804 e. The van der Waals surface area contributed by atoms with Crippen molar-refractivity contribution in [3.8, 4) is 5.75 Å². The molecule has 0 spiro atoms. The summed E-state index contributed by atoms with van der Waals surface area (Å²) >= 11 is 0. The van der Waals surface area contributed by atoms with Gasteiger partial charge in [-0.25, -0.2) is 9.05 Å². The second-order valence-corrected chi connectivity index (χ2v) is 2.74. The molecule has 0 aliphatic carbocycles. The van der Waals surface area contributed by atoms with Gasteiger partial charge < -0.3 is 0 Å². The van der Waals surface area contributed by atoms with E-state index in [1.165, 1.54) is 0 Å². The Hall–Kier alpha value is 0.296. The van der Waals surface area contributed by atoms with E-state index < -0.39 is 8.25 Å². The molecule has 1 aromatic rings. The fourth-order valence-electron chi connectivity index (χ4n) is 0.650. The average molecular weight is 222 g/mol. The average Bonchev–Trinajstić information content (AvgIpc) is 2.06. The molecule has 1 atom stereocenters. The fourth-order valence-corrected chi connectivity index (χ4v) is 1.11. The van der Waals surface area contributed by atoms with Gasteiger partial charge in [0.15, 0.2) is 5.75 Å². The topological polar surface area (TPSA) is 35.5 Å². The van der Waals surface area contributed by atoms with E-state index in [-0.39, 0.29) is 51.4 Å². The second-order valence-electron chi connectivity index (χ2n) is 1.90. The minimum atomic E-state index is -2.12. The fraction of sp³-hybridized carbons (Fsp3) is 0. The molecule has 0 N–H and O–H groups in total. The van der Waals surface area contributed by atoms with Crippen molar-refractivity contribution in [2.24, 2.45) is 0 Å². The monoisotopic (exact) mass is 222 g/mol. The molecule has 0 amide bonds. The van der Waals surface area contributed by atoms with E-state index in [1.54, 1.807) is 24.3 Å². The molecule has 0 bridgehead atoms. The van der Waals surface area contributed by atoms with Crippen LogP contribution >= 0.6 is 8.25 Å². The SMILES string of the molecule is C=CO[P+](=O)Oc1ccccc1.[K]. The van der Waals surface area contributed by atoms with Crippen molar-refractivity contribution in [2.75, 3.05) is 0 Å². The zero-order valence-electron chi connectivity index (χ0n) is 7.34. The van der Waals surface area contributed by atoms with Crippen LogP contribution in [0.5, 0.6) is 5.75 Å². The van der Waals surface area contributed by atoms with Crippen molar-refractivity contribution in [1.82, 2.24) is 0 Å². The van der Waals surface area contributed by atoms with Crippen LogP contribution in [0, 0.1) is 0 Å². The molecule has 0 aliphatic heterocycles. The number of para-hydroxylation sites is 1. The summed E-state index contributed by atoms with van der Waals surface area (Å²) in [4.78, 5) is 0. The molecule has 1 radical (unpaired) electrons. The Morgan fingerprint density at radius 2 is 1.92 bits per heavy atom. The molecule has 13 heavy (non-hydrogen) atoms. The van der Waals surface area contributed by atoms with E-state index >= 15 is 0 Å². The van der Waals surface area contributed by atoms with Crippen LogP contribution < -0.4 is 4.52 Å². The Bertz CT molecular complexity index is 276. The van der Waals surface area contributed by atoms with Crippen LogP contribution in [-0.2, 0) is 9.09 Å². The third-order valence-corrected chi connectivity index (χ3v) is 1.76. The van der Waals surface area contributed by atoms with Crippen LogP contribution in [-0.4, -0.2) is 51.4 Å². The normalized spacial score (nSPS) is 9.38. The Morgan fingerprint density at radius 3 is 2.46 bits per heavy atom. The van der Waals surface area contributed by atoms with Crippen LogP contribution in [0.1, 0.15) is 0 Å². The number of benzene rings is 1. The summed E-state index contributed by atoms with van der Waals surface area (Å²) in [6.45, 7) is 3.26. The molecule has 0 saturated carbocycles. The molecule has 0 heterocycles. The van der Waals surface area contributed by atoms with Crippen molar-refractivity contribution in [3.63, 3.8) is 0 Å². The first kappa shape index (κ1) is 13.3. The zero-order valence-corrected chi connectivity index (χ0v) is 11.4. The summed E-state index contributed by atoms with van der Waals surface area (Å²) in [6.07, 6.45) is 1.08. The molecule has 63 valence electrons. The molecule has 0 aromatic heterocycles. The van der Waals surface area contributed by atoms with E-state index in [4.69, 9.17) is 4.52 Å². The van der Waals surface area contributed by atoms with E-state index in [0.29, 0.717) is 5.75 Å². The number of hydrogen-bond donors (Lipinski definition) is 0. The first-order chi connectivity index (χ1) is 5.83. The summed E-state index contributed by atoms with van der Waals surface area (Å²) in [5.74, 6) is 0.514. The zero-order chi connectivity index (χ0) is 8.81. The maximum absolute atomic E-state index is 10.8. The molecule has 1 unspecified atom stereocenters. The van der Waals surface area contributed by atoms with Crippen LogP contribution in [0.2, 0.25) is 0 Å². The Kier molecular flexibility index (Phi) is 7.85. The van der Waals surface area contributed by atoms with Gasteiger partial charge in [0.1, 0.15) is 6.26 Å². The van der Waals surface area contributed by atoms with Gasteiger partial charge in [-0.05, 0) is 12.1 Å². The minimum absolute atomic E-state index is 0. The third-order valence-electron chi connectivity index (χ3n) is 1.08. The molecule has 1 aromatic carbocycles. The first-order valence-corrected chi connectivity index (χ1v) is 4.40. The summed E-state index contributed by atoms with van der Waals surface area (Å²) in [7, 11) is -2.12. The Balaban J connectivity index is 0.00000144. The molecule has 0 fully saturated rings. The predicted molar refractivity (Wildman–Crippen MR) is 51.7 cm³/mol. The van der Waals surface area contributed by atoms with Crippen molar-refractivity contribution < 1.29 is 13.6 Å². The molecule has 0 saturated heterocycles. The van der Waals surface area contributed by atoms with Crippen LogP contribution in [0.15, 0.2) is 43.2 Å². The standard InChI is InChI=1S/C8H8O3P.K/c1-2-10-12(9)11-8-6-4-3-5-7-8;/h2-7H,1H2;/q+1;. The predicted octanol–water partition coefficient (Wildman–Crippen LogP) is 2.50. The van der Waals surface area contributed by atoms with E-state index in [9.17, 15) is 4.57 Å². The van der Waals surface area contributed by atoms with Crippen LogP contribution in [0.3, 0.4) is 0 Å². The van der Waals surface area contributed by atoms with Gasteiger partial charge in [-0.2, -0.15) is 0 Å². The minimum Gasteiger partial charge on any atom is -0.231 e. The van der Waals surface area contributed by atoms with Gasteiger partial charge in [-0.15, -0.1) is 0 Å². The summed E-state index contributed by atoms with van der Waals surface area (Å²) in [5, 5.41) is 0. The molecular weight excluding hydrogens is 214 g/mol. The van der Waals surface area contributed by atoms with Gasteiger partial charge in [0.2, 0.25) is 0 Å². The van der Waals surface area contributed by atoms with Gasteiger partial charge >= 0.3 is 8.25 Å². The van der Waals surface area contributed by atoms with Crippen LogP contribution in [0.25, 0.3) is 0 Å². The Labute approximate surface area is 120 Å². The second kappa shape index (κ2) is 7.68. The molecule has 5 heteroatoms. The van der Waals surface area contributed by atoms with Gasteiger partial charge in [0.05, 0.1) is 0 Å². The van der Waals surface area contributed by atoms with E-state index in [2.05, 4.69) is 11.1 Å². The first-order valence-electron chi connectivity index (χ1n) is 3.31. The third kappa shape index (κ3) is 5.57. The van der Waals surface area contributed by atoms with Gasteiger partial charge in [-0.3, -0.25) is 0 Å². The van der Waals surface area contributed by atoms with E-state index in [1.807, 2.05) is 6.07 Å². The summed E-state index contributed by atoms with van der Waals surface area (Å²) in [5.41, 5.74) is 0. The summed E-state index contributed by atoms with van der Waals surface area (Å²) < 4.78 is 20.2. The maximum Gasteiger partial charge on any atom is 0.804 e. The number of rotatable bonds is 4. The van der Waals surface area contributed by atoms with Gasteiger partial charge in [0, 0.05) is 55.9 Å². The van der Waals surface area contributed by atoms with Crippen LogP contribution in [0.4, 0.5) is 0 Å². The van der Waals surface area contributed by atoms with Crippen molar-refractivity contribution in [2.45, 2.75) is 0 Å². The smallest absolute Gasteiger partial charge is 0.231 e. The Morgan fingerprint density at radius 1 is 1.31 bits per heavy atom. The van der Waals surface area contributed by atoms with Gasteiger partial charge in [-0.1, -0.05) is 24.8 Å². The molecule has 0 aliphatic rings.